The van der Waals surface area contributed by atoms with Gasteiger partial charge in [0.25, 0.3) is 0 Å². The van der Waals surface area contributed by atoms with Crippen molar-refractivity contribution in [2.75, 3.05) is 12.3 Å². The van der Waals surface area contributed by atoms with Crippen molar-refractivity contribution < 1.29 is 24.5 Å². The average Bonchev–Trinajstić information content (AvgIpc) is 3.22. The molecule has 1 aromatic carbocycles. The number of aliphatic carboxylic acids is 2. The molecule has 0 aliphatic carbocycles. The van der Waals surface area contributed by atoms with Gasteiger partial charge in [-0.05, 0) is 35.0 Å². The monoisotopic (exact) mass is 493 g/mol. The van der Waals surface area contributed by atoms with Gasteiger partial charge in [0.05, 0.1) is 6.61 Å². The second-order valence-corrected chi connectivity index (χ2v) is 9.25. The van der Waals surface area contributed by atoms with Crippen LogP contribution in [0.4, 0.5) is 5.69 Å². The summed E-state index contributed by atoms with van der Waals surface area (Å²) in [4.78, 5) is 23.1. The molecule has 2 rings (SSSR count). The normalized spacial score (nSPS) is 11.9. The number of rotatable bonds is 18. The number of benzene rings is 1. The Morgan fingerprint density at radius 1 is 1.06 bits per heavy atom. The zero-order valence-corrected chi connectivity index (χ0v) is 20.5. The Hall–Kier alpha value is -2.82. The number of nitrogen functional groups attached to an aromatic ring is 1. The minimum absolute atomic E-state index is 0.0814. The van der Waals surface area contributed by atoms with Crippen LogP contribution >= 0.6 is 11.8 Å². The van der Waals surface area contributed by atoms with Crippen LogP contribution in [0.15, 0.2) is 23.4 Å². The number of carbonyl (C=O) groups is 2. The van der Waals surface area contributed by atoms with Gasteiger partial charge in [-0.2, -0.15) is 0 Å². The molecule has 34 heavy (non-hydrogen) atoms. The molecule has 1 heterocycles. The molecule has 11 heteroatoms. The molecule has 2 aromatic rings. The molecule has 0 aliphatic heterocycles. The number of carboxylic acid groups (broad SMARTS) is 2. The fourth-order valence-electron chi connectivity index (χ4n) is 3.54. The van der Waals surface area contributed by atoms with E-state index in [0.29, 0.717) is 23.6 Å². The van der Waals surface area contributed by atoms with Crippen LogP contribution in [0, 0.1) is 0 Å². The fraction of sp³-hybridized carbons (Fsp3) is 0.609. The lowest BCUT2D eigenvalue weighted by atomic mass is 10.1. The van der Waals surface area contributed by atoms with Crippen LogP contribution in [0.1, 0.15) is 81.9 Å². The molecule has 0 aliphatic rings. The van der Waals surface area contributed by atoms with Gasteiger partial charge in [-0.15, -0.1) is 5.10 Å². The summed E-state index contributed by atoms with van der Waals surface area (Å²) in [6.07, 6.45) is 12.1. The Morgan fingerprint density at radius 2 is 1.71 bits per heavy atom. The highest BCUT2D eigenvalue weighted by Crippen LogP contribution is 2.39. The number of ether oxygens (including phenoxy) is 1. The summed E-state index contributed by atoms with van der Waals surface area (Å²) >= 11 is 0.836. The average molecular weight is 494 g/mol. The van der Waals surface area contributed by atoms with E-state index in [0.717, 1.165) is 35.7 Å². The Balaban J connectivity index is 1.90. The van der Waals surface area contributed by atoms with E-state index in [1.807, 2.05) is 0 Å². The van der Waals surface area contributed by atoms with Crippen molar-refractivity contribution in [1.82, 2.24) is 20.2 Å². The van der Waals surface area contributed by atoms with E-state index < -0.39 is 23.7 Å². The summed E-state index contributed by atoms with van der Waals surface area (Å²) in [5.74, 6) is -1.84. The van der Waals surface area contributed by atoms with Gasteiger partial charge < -0.3 is 20.7 Å². The second-order valence-electron chi connectivity index (χ2n) is 8.18. The lowest BCUT2D eigenvalue weighted by molar-refractivity contribution is -0.138. The molecule has 0 bridgehead atoms. The predicted molar refractivity (Wildman–Crippen MR) is 130 cm³/mol. The summed E-state index contributed by atoms with van der Waals surface area (Å²) in [5, 5.41) is 28.7. The highest BCUT2D eigenvalue weighted by atomic mass is 32.2. The topological polar surface area (TPSA) is 153 Å². The molecule has 0 fully saturated rings. The number of thioether (sulfide) groups is 1. The zero-order chi connectivity index (χ0) is 24.8. The van der Waals surface area contributed by atoms with Crippen LogP contribution in [0.2, 0.25) is 0 Å². The summed E-state index contributed by atoms with van der Waals surface area (Å²) in [7, 11) is 0. The number of nitrogens with zero attached hydrogens (tertiary/aromatic N) is 4. The Kier molecular flexibility index (Phi) is 12.2. The highest BCUT2D eigenvalue weighted by molar-refractivity contribution is 8.00. The summed E-state index contributed by atoms with van der Waals surface area (Å²) < 4.78 is 6.97. The summed E-state index contributed by atoms with van der Waals surface area (Å²) in [5.41, 5.74) is 6.70. The number of hydrogen-bond donors (Lipinski definition) is 3. The Bertz CT molecular complexity index is 908. The van der Waals surface area contributed by atoms with Crippen LogP contribution in [0.3, 0.4) is 0 Å². The van der Waals surface area contributed by atoms with E-state index in [9.17, 15) is 14.7 Å². The standard InChI is InChI=1S/C23H35N5O5S/c1-2-3-4-5-6-7-8-9-10-11-14-33-19-13-12-17(24)15-18(19)21(22(31)32)34-23-25-26-27-28(23)16-20(29)30/h12-13,15,21H,2-11,14,16,24H2,1H3,(H,29,30)(H,31,32). The molecule has 4 N–H and O–H groups in total. The SMILES string of the molecule is CCCCCCCCCCCCOc1ccc(N)cc1C(Sc1nnnn1CC(=O)O)C(=O)O. The van der Waals surface area contributed by atoms with Gasteiger partial charge in [-0.1, -0.05) is 76.5 Å². The number of nitrogens with two attached hydrogens (primary N) is 1. The molecule has 0 saturated carbocycles. The fourth-order valence-corrected chi connectivity index (χ4v) is 4.46. The maximum atomic E-state index is 12.1. The third kappa shape index (κ3) is 9.58. The van der Waals surface area contributed by atoms with Gasteiger partial charge in [0.1, 0.15) is 17.5 Å². The van der Waals surface area contributed by atoms with E-state index in [2.05, 4.69) is 22.4 Å². The molecular weight excluding hydrogens is 458 g/mol. The second kappa shape index (κ2) is 15.2. The smallest absolute Gasteiger partial charge is 0.325 e. The number of hydrogen-bond acceptors (Lipinski definition) is 8. The van der Waals surface area contributed by atoms with Gasteiger partial charge in [0.2, 0.25) is 5.16 Å². The minimum Gasteiger partial charge on any atom is -0.493 e. The minimum atomic E-state index is -1.13. The number of tetrazole rings is 1. The predicted octanol–water partition coefficient (Wildman–Crippen LogP) is 4.56. The van der Waals surface area contributed by atoms with Crippen molar-refractivity contribution in [3.8, 4) is 5.75 Å². The molecule has 1 atom stereocenters. The maximum Gasteiger partial charge on any atom is 0.325 e. The molecule has 10 nitrogen and oxygen atoms in total. The van der Waals surface area contributed by atoms with Crippen LogP contribution in [0.25, 0.3) is 0 Å². The Morgan fingerprint density at radius 3 is 2.32 bits per heavy atom. The first kappa shape index (κ1) is 27.4. The number of unbranched alkanes of at least 4 members (excludes halogenated alkanes) is 9. The van der Waals surface area contributed by atoms with E-state index in [1.54, 1.807) is 18.2 Å². The molecule has 1 unspecified atom stereocenters. The third-order valence-electron chi connectivity index (χ3n) is 5.30. The molecule has 0 spiro atoms. The van der Waals surface area contributed by atoms with Crippen LogP contribution in [-0.4, -0.2) is 49.0 Å². The quantitative estimate of drug-likeness (QED) is 0.153. The lowest BCUT2D eigenvalue weighted by Crippen LogP contribution is -2.15. The van der Waals surface area contributed by atoms with Crippen molar-refractivity contribution >= 4 is 29.4 Å². The number of carboxylic acids is 2. The van der Waals surface area contributed by atoms with E-state index in [-0.39, 0.29) is 5.16 Å². The number of anilines is 1. The first-order valence-electron chi connectivity index (χ1n) is 11.8. The number of aromatic nitrogens is 4. The maximum absolute atomic E-state index is 12.1. The zero-order valence-electron chi connectivity index (χ0n) is 19.7. The summed E-state index contributed by atoms with van der Waals surface area (Å²) in [6, 6.07) is 4.89. The first-order valence-corrected chi connectivity index (χ1v) is 12.7. The summed E-state index contributed by atoms with van der Waals surface area (Å²) in [6.45, 7) is 2.23. The van der Waals surface area contributed by atoms with Crippen molar-refractivity contribution in [2.24, 2.45) is 0 Å². The van der Waals surface area contributed by atoms with Gasteiger partial charge in [-0.3, -0.25) is 9.59 Å². The molecule has 188 valence electrons. The molecule has 1 aromatic heterocycles. The van der Waals surface area contributed by atoms with E-state index in [4.69, 9.17) is 15.6 Å². The Labute approximate surface area is 204 Å². The van der Waals surface area contributed by atoms with Crippen molar-refractivity contribution in [2.45, 2.75) is 88.1 Å². The van der Waals surface area contributed by atoms with Gasteiger partial charge in [0, 0.05) is 11.3 Å². The molecule has 0 radical (unpaired) electrons. The molecule has 0 saturated heterocycles. The van der Waals surface area contributed by atoms with Crippen molar-refractivity contribution in [3.05, 3.63) is 23.8 Å². The molecular formula is C23H35N5O5S. The van der Waals surface area contributed by atoms with Crippen molar-refractivity contribution in [1.29, 1.82) is 0 Å². The van der Waals surface area contributed by atoms with E-state index >= 15 is 0 Å². The van der Waals surface area contributed by atoms with Gasteiger partial charge >= 0.3 is 11.9 Å². The van der Waals surface area contributed by atoms with E-state index in [1.165, 1.54) is 44.9 Å². The van der Waals surface area contributed by atoms with Crippen LogP contribution in [0.5, 0.6) is 5.75 Å². The van der Waals surface area contributed by atoms with Crippen LogP contribution < -0.4 is 10.5 Å². The third-order valence-corrected chi connectivity index (χ3v) is 6.50. The van der Waals surface area contributed by atoms with Gasteiger partial charge in [-0.25, -0.2) is 4.68 Å². The van der Waals surface area contributed by atoms with Gasteiger partial charge in [0.15, 0.2) is 0 Å². The largest absolute Gasteiger partial charge is 0.493 e. The lowest BCUT2D eigenvalue weighted by Gasteiger charge is -2.17. The molecule has 0 amide bonds. The van der Waals surface area contributed by atoms with Crippen LogP contribution in [-0.2, 0) is 16.1 Å². The highest BCUT2D eigenvalue weighted by Gasteiger charge is 2.28. The van der Waals surface area contributed by atoms with Crippen molar-refractivity contribution in [3.63, 3.8) is 0 Å². The first-order chi connectivity index (χ1) is 16.4.